The number of para-hydroxylation sites is 2. The topological polar surface area (TPSA) is 77.8 Å². The van der Waals surface area contributed by atoms with Crippen LogP contribution in [0.25, 0.3) is 83.8 Å². The third-order valence-corrected chi connectivity index (χ3v) is 8.23. The highest BCUT2D eigenvalue weighted by atomic mass is 16.3. The number of nitrogen functional groups attached to an aromatic ring is 1. The first-order valence-electron chi connectivity index (χ1n) is 14.9. The average Bonchev–Trinajstić information content (AvgIpc) is 3.54. The molecule has 0 unspecified atom stereocenters. The lowest BCUT2D eigenvalue weighted by molar-refractivity contribution is 0.620. The van der Waals surface area contributed by atoms with E-state index >= 15 is 0 Å². The van der Waals surface area contributed by atoms with Crippen LogP contribution in [0.4, 0.5) is 5.69 Å². The van der Waals surface area contributed by atoms with Gasteiger partial charge in [-0.1, -0.05) is 91.0 Å². The highest BCUT2D eigenvalue weighted by Crippen LogP contribution is 2.38. The van der Waals surface area contributed by atoms with Gasteiger partial charge >= 0.3 is 0 Å². The van der Waals surface area contributed by atoms with Crippen molar-refractivity contribution in [2.24, 2.45) is 0 Å². The Morgan fingerprint density at radius 3 is 2.24 bits per heavy atom. The number of nitrogens with two attached hydrogens (primary N) is 1. The summed E-state index contributed by atoms with van der Waals surface area (Å²) in [5, 5.41) is 3.19. The van der Waals surface area contributed by atoms with Crippen molar-refractivity contribution in [3.05, 3.63) is 139 Å². The fourth-order valence-electron chi connectivity index (χ4n) is 6.04. The predicted octanol–water partition coefficient (Wildman–Crippen LogP) is 10.2. The Morgan fingerprint density at radius 1 is 0.644 bits per heavy atom. The standard InChI is InChI=1S/C40H28N4O/c1-2-10-26-17-18-27-19-31(23-42-39(27)37(26)41)28-20-29(22-30(21-28)40-44-35-15-8-9-16-36(35)45-40)38-33-14-7-6-13-32(33)34(24-43-38)25-11-4-3-5-12-25/h2-24H,41H2,1H3/b10-2-. The molecule has 8 rings (SSSR count). The normalized spacial score (nSPS) is 11.7. The molecule has 0 aliphatic rings. The summed E-state index contributed by atoms with van der Waals surface area (Å²) in [6, 6.07) is 39.3. The molecule has 5 nitrogen and oxygen atoms in total. The van der Waals surface area contributed by atoms with E-state index in [1.165, 1.54) is 0 Å². The highest BCUT2D eigenvalue weighted by molar-refractivity contribution is 6.04. The third kappa shape index (κ3) is 4.71. The number of hydrogen-bond acceptors (Lipinski definition) is 5. The van der Waals surface area contributed by atoms with Crippen molar-refractivity contribution in [3.8, 4) is 45.0 Å². The summed E-state index contributed by atoms with van der Waals surface area (Å²) in [5.74, 6) is 0.554. The van der Waals surface area contributed by atoms with Crippen LogP contribution < -0.4 is 5.73 Å². The van der Waals surface area contributed by atoms with E-state index in [1.807, 2.05) is 67.9 Å². The number of allylic oxidation sites excluding steroid dienone is 1. The lowest BCUT2D eigenvalue weighted by Gasteiger charge is -2.14. The fraction of sp³-hybridized carbons (Fsp3) is 0.0250. The Labute approximate surface area is 260 Å². The van der Waals surface area contributed by atoms with Gasteiger partial charge < -0.3 is 10.2 Å². The molecule has 45 heavy (non-hydrogen) atoms. The minimum absolute atomic E-state index is 0.554. The number of hydrogen-bond donors (Lipinski definition) is 1. The molecule has 0 saturated carbocycles. The van der Waals surface area contributed by atoms with Crippen LogP contribution in [-0.4, -0.2) is 15.0 Å². The molecule has 5 heteroatoms. The first kappa shape index (κ1) is 26.5. The number of benzene rings is 5. The summed E-state index contributed by atoms with van der Waals surface area (Å²) in [6.07, 6.45) is 7.84. The SMILES string of the molecule is C/C=C\c1ccc2cc(-c3cc(-c4nc5ccccc5o4)cc(-c4ncc(-c5ccccc5)c5ccccc45)c3)cnc2c1N. The van der Waals surface area contributed by atoms with Crippen LogP contribution >= 0.6 is 0 Å². The number of anilines is 1. The van der Waals surface area contributed by atoms with Gasteiger partial charge in [0.15, 0.2) is 5.58 Å². The van der Waals surface area contributed by atoms with Crippen LogP contribution in [0, 0.1) is 0 Å². The molecule has 5 aromatic carbocycles. The van der Waals surface area contributed by atoms with Crippen molar-refractivity contribution < 1.29 is 4.42 Å². The van der Waals surface area contributed by atoms with Crippen LogP contribution in [0.5, 0.6) is 0 Å². The summed E-state index contributed by atoms with van der Waals surface area (Å²) in [4.78, 5) is 14.7. The van der Waals surface area contributed by atoms with Crippen LogP contribution in [0.3, 0.4) is 0 Å². The molecule has 8 aromatic rings. The van der Waals surface area contributed by atoms with Gasteiger partial charge in [0, 0.05) is 45.4 Å². The van der Waals surface area contributed by atoms with Crippen LogP contribution in [0.1, 0.15) is 12.5 Å². The van der Waals surface area contributed by atoms with Crippen molar-refractivity contribution in [2.45, 2.75) is 6.92 Å². The molecular weight excluding hydrogens is 552 g/mol. The van der Waals surface area contributed by atoms with E-state index in [0.29, 0.717) is 11.6 Å². The molecule has 0 bridgehead atoms. The zero-order chi connectivity index (χ0) is 30.3. The van der Waals surface area contributed by atoms with E-state index in [2.05, 4.69) is 78.9 Å². The Kier molecular flexibility index (Phi) is 6.42. The maximum Gasteiger partial charge on any atom is 0.227 e. The zero-order valence-electron chi connectivity index (χ0n) is 24.6. The molecule has 0 saturated heterocycles. The van der Waals surface area contributed by atoms with Crippen LogP contribution in [-0.2, 0) is 0 Å². The molecule has 0 radical (unpaired) electrons. The maximum absolute atomic E-state index is 6.50. The van der Waals surface area contributed by atoms with Crippen molar-refractivity contribution in [3.63, 3.8) is 0 Å². The highest BCUT2D eigenvalue weighted by Gasteiger charge is 2.17. The number of fused-ring (bicyclic) bond motifs is 3. The van der Waals surface area contributed by atoms with Gasteiger partial charge in [-0.25, -0.2) is 4.98 Å². The van der Waals surface area contributed by atoms with Gasteiger partial charge in [0.2, 0.25) is 5.89 Å². The summed E-state index contributed by atoms with van der Waals surface area (Å²) in [5.41, 5.74) is 17.4. The molecule has 214 valence electrons. The van der Waals surface area contributed by atoms with Crippen LogP contribution in [0.15, 0.2) is 138 Å². The molecule has 3 heterocycles. The summed E-state index contributed by atoms with van der Waals surface area (Å²) in [7, 11) is 0. The Balaban J connectivity index is 1.35. The maximum atomic E-state index is 6.50. The van der Waals surface area contributed by atoms with E-state index in [-0.39, 0.29) is 0 Å². The number of aromatic nitrogens is 3. The van der Waals surface area contributed by atoms with Gasteiger partial charge in [-0.15, -0.1) is 0 Å². The molecule has 0 atom stereocenters. The monoisotopic (exact) mass is 580 g/mol. The number of rotatable bonds is 5. The Morgan fingerprint density at radius 2 is 1.40 bits per heavy atom. The molecule has 0 fully saturated rings. The van der Waals surface area contributed by atoms with Gasteiger partial charge in [-0.05, 0) is 65.4 Å². The van der Waals surface area contributed by atoms with Gasteiger partial charge in [0.05, 0.1) is 16.9 Å². The number of pyridine rings is 2. The van der Waals surface area contributed by atoms with E-state index in [1.54, 1.807) is 0 Å². The minimum Gasteiger partial charge on any atom is -0.436 e. The molecule has 0 spiro atoms. The predicted molar refractivity (Wildman–Crippen MR) is 185 cm³/mol. The van der Waals surface area contributed by atoms with Crippen molar-refractivity contribution >= 4 is 44.5 Å². The summed E-state index contributed by atoms with van der Waals surface area (Å²) in [6.45, 7) is 1.98. The van der Waals surface area contributed by atoms with E-state index in [0.717, 1.165) is 77.4 Å². The Hall–Kier alpha value is -6.07. The molecular formula is C40H28N4O. The van der Waals surface area contributed by atoms with E-state index < -0.39 is 0 Å². The fourth-order valence-corrected chi connectivity index (χ4v) is 6.04. The second-order valence-corrected chi connectivity index (χ2v) is 11.1. The van der Waals surface area contributed by atoms with Gasteiger partial charge in [-0.3, -0.25) is 9.97 Å². The Bertz CT molecular complexity index is 2370. The zero-order valence-corrected chi connectivity index (χ0v) is 24.6. The molecule has 2 N–H and O–H groups in total. The number of nitrogens with zero attached hydrogens (tertiary/aromatic N) is 3. The number of oxazole rings is 1. The quantitative estimate of drug-likeness (QED) is 0.205. The van der Waals surface area contributed by atoms with Crippen LogP contribution in [0.2, 0.25) is 0 Å². The molecule has 0 aliphatic carbocycles. The first-order chi connectivity index (χ1) is 22.2. The second-order valence-electron chi connectivity index (χ2n) is 11.1. The second kappa shape index (κ2) is 10.9. The van der Waals surface area contributed by atoms with E-state index in [4.69, 9.17) is 25.1 Å². The lowest BCUT2D eigenvalue weighted by Crippen LogP contribution is -1.95. The summed E-state index contributed by atoms with van der Waals surface area (Å²) < 4.78 is 6.25. The smallest absolute Gasteiger partial charge is 0.227 e. The molecule has 3 aromatic heterocycles. The van der Waals surface area contributed by atoms with E-state index in [9.17, 15) is 0 Å². The van der Waals surface area contributed by atoms with Crippen molar-refractivity contribution in [1.82, 2.24) is 15.0 Å². The van der Waals surface area contributed by atoms with Gasteiger partial charge in [0.25, 0.3) is 0 Å². The van der Waals surface area contributed by atoms with Crippen molar-refractivity contribution in [2.75, 3.05) is 5.73 Å². The van der Waals surface area contributed by atoms with Gasteiger partial charge in [-0.2, -0.15) is 0 Å². The first-order valence-corrected chi connectivity index (χ1v) is 14.9. The summed E-state index contributed by atoms with van der Waals surface area (Å²) >= 11 is 0. The van der Waals surface area contributed by atoms with Gasteiger partial charge in [0.1, 0.15) is 5.52 Å². The third-order valence-electron chi connectivity index (χ3n) is 8.23. The molecule has 0 amide bonds. The van der Waals surface area contributed by atoms with Crippen molar-refractivity contribution in [1.29, 1.82) is 0 Å². The minimum atomic E-state index is 0.554. The largest absolute Gasteiger partial charge is 0.436 e. The molecule has 0 aliphatic heterocycles. The lowest BCUT2D eigenvalue weighted by atomic mass is 9.94. The average molecular weight is 581 g/mol.